The smallest absolute Gasteiger partial charge is 0.315 e. The molecule has 5 nitrogen and oxygen atoms in total. The molecule has 0 radical (unpaired) electrons. The van der Waals surface area contributed by atoms with Gasteiger partial charge < -0.3 is 14.6 Å². The van der Waals surface area contributed by atoms with Crippen molar-refractivity contribution in [1.29, 1.82) is 0 Å². The zero-order chi connectivity index (χ0) is 12.3. The van der Waals surface area contributed by atoms with Gasteiger partial charge in [-0.05, 0) is 6.07 Å². The standard InChI is InChI=1S/C12H8O5/c13-6-9-5-11-10(16-7-17-11)4-8(9)2-1-3-12(14)15/h4-6H,3,7H2,(H,14,15). The highest BCUT2D eigenvalue weighted by molar-refractivity contribution is 5.82. The third-order valence-electron chi connectivity index (χ3n) is 2.13. The third kappa shape index (κ3) is 2.37. The molecule has 5 heteroatoms. The highest BCUT2D eigenvalue weighted by Gasteiger charge is 2.16. The van der Waals surface area contributed by atoms with Crippen LogP contribution < -0.4 is 9.47 Å². The molecule has 17 heavy (non-hydrogen) atoms. The Balaban J connectivity index is 2.34. The fourth-order valence-corrected chi connectivity index (χ4v) is 1.38. The molecule has 1 aliphatic rings. The maximum Gasteiger partial charge on any atom is 0.315 e. The quantitative estimate of drug-likeness (QED) is 0.609. The van der Waals surface area contributed by atoms with E-state index in [1.165, 1.54) is 6.07 Å². The zero-order valence-electron chi connectivity index (χ0n) is 8.73. The van der Waals surface area contributed by atoms with E-state index in [1.54, 1.807) is 6.07 Å². The first-order valence-corrected chi connectivity index (χ1v) is 4.80. The monoisotopic (exact) mass is 232 g/mol. The summed E-state index contributed by atoms with van der Waals surface area (Å²) in [6.07, 6.45) is 0.374. The number of ether oxygens (including phenoxy) is 2. The average Bonchev–Trinajstić information content (AvgIpc) is 2.74. The molecule has 2 rings (SSSR count). The van der Waals surface area contributed by atoms with Gasteiger partial charge in [0, 0.05) is 17.2 Å². The molecule has 0 amide bonds. The molecule has 0 atom stereocenters. The number of aldehydes is 1. The third-order valence-corrected chi connectivity index (χ3v) is 2.13. The molecule has 1 N–H and O–H groups in total. The number of rotatable bonds is 2. The maximum atomic E-state index is 10.8. The minimum atomic E-state index is -1.01. The lowest BCUT2D eigenvalue weighted by Crippen LogP contribution is -1.92. The molecule has 0 fully saturated rings. The van der Waals surface area contributed by atoms with Gasteiger partial charge in [0.05, 0.1) is 0 Å². The Labute approximate surface area is 97.0 Å². The van der Waals surface area contributed by atoms with E-state index < -0.39 is 5.97 Å². The molecule has 1 aromatic carbocycles. The van der Waals surface area contributed by atoms with Crippen LogP contribution in [0.2, 0.25) is 0 Å². The Kier molecular flexibility index (Phi) is 2.97. The van der Waals surface area contributed by atoms with Crippen LogP contribution in [0.1, 0.15) is 22.3 Å². The van der Waals surface area contributed by atoms with Gasteiger partial charge in [0.2, 0.25) is 6.79 Å². The molecule has 0 unspecified atom stereocenters. The molecular weight excluding hydrogens is 224 g/mol. The number of carboxylic acid groups (broad SMARTS) is 1. The van der Waals surface area contributed by atoms with Crippen molar-refractivity contribution in [3.8, 4) is 23.3 Å². The van der Waals surface area contributed by atoms with E-state index in [2.05, 4.69) is 11.8 Å². The van der Waals surface area contributed by atoms with Crippen LogP contribution in [0.25, 0.3) is 0 Å². The van der Waals surface area contributed by atoms with Crippen LogP contribution >= 0.6 is 0 Å². The number of carbonyl (C=O) groups is 2. The fourth-order valence-electron chi connectivity index (χ4n) is 1.38. The number of fused-ring (bicyclic) bond motifs is 1. The van der Waals surface area contributed by atoms with Gasteiger partial charge in [-0.25, -0.2) is 0 Å². The summed E-state index contributed by atoms with van der Waals surface area (Å²) < 4.78 is 10.3. The lowest BCUT2D eigenvalue weighted by atomic mass is 10.1. The zero-order valence-corrected chi connectivity index (χ0v) is 8.73. The Bertz CT molecular complexity index is 536. The van der Waals surface area contributed by atoms with Gasteiger partial charge in [-0.15, -0.1) is 0 Å². The molecule has 1 aromatic rings. The number of hydrogen-bond acceptors (Lipinski definition) is 4. The van der Waals surface area contributed by atoms with Gasteiger partial charge in [0.15, 0.2) is 17.8 Å². The summed E-state index contributed by atoms with van der Waals surface area (Å²) in [6.45, 7) is 0.111. The van der Waals surface area contributed by atoms with Crippen LogP contribution in [0.3, 0.4) is 0 Å². The van der Waals surface area contributed by atoms with Crippen molar-refractivity contribution in [2.24, 2.45) is 0 Å². The molecule has 0 aromatic heterocycles. The predicted octanol–water partition coefficient (Wildman–Crippen LogP) is 1.05. The molecule has 0 saturated heterocycles. The van der Waals surface area contributed by atoms with Gasteiger partial charge >= 0.3 is 5.97 Å². The van der Waals surface area contributed by atoms with Gasteiger partial charge in [0.25, 0.3) is 0 Å². The highest BCUT2D eigenvalue weighted by Crippen LogP contribution is 2.34. The van der Waals surface area contributed by atoms with Gasteiger partial charge in [0.1, 0.15) is 6.42 Å². The van der Waals surface area contributed by atoms with Gasteiger partial charge in [-0.1, -0.05) is 11.8 Å². The molecule has 0 saturated carbocycles. The molecule has 0 aliphatic carbocycles. The second kappa shape index (κ2) is 4.58. The number of hydrogen-bond donors (Lipinski definition) is 1. The summed E-state index contributed by atoms with van der Waals surface area (Å²) in [5.41, 5.74) is 0.789. The summed E-state index contributed by atoms with van der Waals surface area (Å²) in [6, 6.07) is 3.10. The predicted molar refractivity (Wildman–Crippen MR) is 57.1 cm³/mol. The van der Waals surface area contributed by atoms with Crippen molar-refractivity contribution in [1.82, 2.24) is 0 Å². The summed E-state index contributed by atoms with van der Waals surface area (Å²) in [5.74, 6) is 5.09. The van der Waals surface area contributed by atoms with Gasteiger partial charge in [-0.3, -0.25) is 9.59 Å². The Morgan fingerprint density at radius 1 is 1.41 bits per heavy atom. The van der Waals surface area contributed by atoms with Crippen molar-refractivity contribution >= 4 is 12.3 Å². The van der Waals surface area contributed by atoms with E-state index in [9.17, 15) is 9.59 Å². The van der Waals surface area contributed by atoms with Gasteiger partial charge in [-0.2, -0.15) is 0 Å². The fraction of sp³-hybridized carbons (Fsp3) is 0.167. The molecule has 0 spiro atoms. The summed E-state index contributed by atoms with van der Waals surface area (Å²) in [5, 5.41) is 8.46. The largest absolute Gasteiger partial charge is 0.481 e. The van der Waals surface area contributed by atoms with E-state index in [4.69, 9.17) is 14.6 Å². The highest BCUT2D eigenvalue weighted by atomic mass is 16.7. The average molecular weight is 232 g/mol. The topological polar surface area (TPSA) is 72.8 Å². The van der Waals surface area contributed by atoms with Crippen LogP contribution in [0, 0.1) is 11.8 Å². The molecule has 1 aliphatic heterocycles. The van der Waals surface area contributed by atoms with Crippen molar-refractivity contribution in [2.75, 3.05) is 6.79 Å². The molecule has 86 valence electrons. The van der Waals surface area contributed by atoms with Crippen LogP contribution in [-0.2, 0) is 4.79 Å². The van der Waals surface area contributed by atoms with E-state index in [0.717, 1.165) is 0 Å². The van der Waals surface area contributed by atoms with Crippen molar-refractivity contribution in [3.63, 3.8) is 0 Å². The van der Waals surface area contributed by atoms with Crippen molar-refractivity contribution < 1.29 is 24.2 Å². The lowest BCUT2D eigenvalue weighted by Gasteiger charge is -1.99. The second-order valence-electron chi connectivity index (χ2n) is 3.28. The van der Waals surface area contributed by atoms with E-state index in [-0.39, 0.29) is 13.2 Å². The minimum Gasteiger partial charge on any atom is -0.481 e. The Hall–Kier alpha value is -2.48. The number of benzene rings is 1. The minimum absolute atomic E-state index is 0.111. The lowest BCUT2D eigenvalue weighted by molar-refractivity contribution is -0.135. The van der Waals surface area contributed by atoms with Crippen molar-refractivity contribution in [2.45, 2.75) is 6.42 Å². The van der Waals surface area contributed by atoms with Crippen LogP contribution in [0.4, 0.5) is 0 Å². The SMILES string of the molecule is O=Cc1cc2c(cc1C#CCC(=O)O)OCO2. The van der Waals surface area contributed by atoms with Crippen LogP contribution in [-0.4, -0.2) is 24.2 Å². The van der Waals surface area contributed by atoms with E-state index in [1.807, 2.05) is 0 Å². The van der Waals surface area contributed by atoms with E-state index in [0.29, 0.717) is 28.9 Å². The first-order valence-electron chi connectivity index (χ1n) is 4.80. The number of aliphatic carboxylic acids is 1. The van der Waals surface area contributed by atoms with Crippen LogP contribution in [0.5, 0.6) is 11.5 Å². The van der Waals surface area contributed by atoms with Crippen LogP contribution in [0.15, 0.2) is 12.1 Å². The van der Waals surface area contributed by atoms with Crippen molar-refractivity contribution in [3.05, 3.63) is 23.3 Å². The normalized spacial score (nSPS) is 11.5. The van der Waals surface area contributed by atoms with E-state index >= 15 is 0 Å². The maximum absolute atomic E-state index is 10.8. The second-order valence-corrected chi connectivity index (χ2v) is 3.28. The summed E-state index contributed by atoms with van der Waals surface area (Å²) in [4.78, 5) is 21.2. The molecule has 1 heterocycles. The summed E-state index contributed by atoms with van der Waals surface area (Å²) in [7, 11) is 0. The number of carbonyl (C=O) groups excluding carboxylic acids is 1. The molecular formula is C12H8O5. The molecule has 0 bridgehead atoms. The first-order chi connectivity index (χ1) is 8.20. The first kappa shape index (κ1) is 11.0. The number of carboxylic acids is 1. The summed E-state index contributed by atoms with van der Waals surface area (Å²) >= 11 is 0. The Morgan fingerprint density at radius 2 is 2.12 bits per heavy atom. The Morgan fingerprint density at radius 3 is 2.76 bits per heavy atom.